The van der Waals surface area contributed by atoms with Crippen LogP contribution in [0.25, 0.3) is 16.9 Å². The molecule has 1 fully saturated rings. The second kappa shape index (κ2) is 8.72. The van der Waals surface area contributed by atoms with E-state index in [4.69, 9.17) is 11.6 Å². The molecule has 0 radical (unpaired) electrons. The van der Waals surface area contributed by atoms with Crippen LogP contribution in [0.2, 0.25) is 5.02 Å². The lowest BCUT2D eigenvalue weighted by Gasteiger charge is -2.34. The third kappa shape index (κ3) is 3.78. The molecule has 5 rings (SSSR count). The molecule has 0 aliphatic carbocycles. The van der Waals surface area contributed by atoms with E-state index in [0.717, 1.165) is 5.56 Å². The number of pyridine rings is 1. The number of aromatic nitrogens is 6. The maximum atomic E-state index is 13.5. The fraction of sp³-hybridized carbons (Fsp3) is 0.182. The summed E-state index contributed by atoms with van der Waals surface area (Å²) in [5, 5.41) is 9.05. The molecule has 4 heterocycles. The summed E-state index contributed by atoms with van der Waals surface area (Å²) in [6.45, 7) is 2.33. The van der Waals surface area contributed by atoms with Gasteiger partial charge < -0.3 is 9.80 Å². The summed E-state index contributed by atoms with van der Waals surface area (Å²) < 4.78 is 1.60. The van der Waals surface area contributed by atoms with E-state index in [1.807, 2.05) is 30.3 Å². The molecule has 0 bridgehead atoms. The van der Waals surface area contributed by atoms with Crippen LogP contribution in [0, 0.1) is 0 Å². The Bertz CT molecular complexity index is 1220. The van der Waals surface area contributed by atoms with Crippen LogP contribution in [0.4, 0.5) is 5.95 Å². The lowest BCUT2D eigenvalue weighted by atomic mass is 10.1. The van der Waals surface area contributed by atoms with Crippen molar-refractivity contribution in [2.45, 2.75) is 0 Å². The van der Waals surface area contributed by atoms with E-state index < -0.39 is 0 Å². The second-order valence-electron chi connectivity index (χ2n) is 7.22. The number of hydrogen-bond donors (Lipinski definition) is 0. The van der Waals surface area contributed by atoms with Crippen LogP contribution in [0.3, 0.4) is 0 Å². The maximum Gasteiger partial charge on any atom is 0.276 e. The maximum absolute atomic E-state index is 13.5. The van der Waals surface area contributed by atoms with E-state index in [1.165, 1.54) is 0 Å². The molecule has 10 heteroatoms. The average molecular weight is 447 g/mol. The van der Waals surface area contributed by atoms with Crippen molar-refractivity contribution in [2.24, 2.45) is 0 Å². The molecule has 0 saturated carbocycles. The molecule has 9 nitrogen and oxygen atoms in total. The minimum absolute atomic E-state index is 0.184. The zero-order valence-corrected chi connectivity index (χ0v) is 17.8. The number of benzene rings is 1. The predicted molar refractivity (Wildman–Crippen MR) is 120 cm³/mol. The lowest BCUT2D eigenvalue weighted by molar-refractivity contribution is 0.0741. The molecular formula is C22H19ClN8O. The zero-order chi connectivity index (χ0) is 21.9. The van der Waals surface area contributed by atoms with Crippen molar-refractivity contribution in [2.75, 3.05) is 31.1 Å². The summed E-state index contributed by atoms with van der Waals surface area (Å²) in [7, 11) is 0. The van der Waals surface area contributed by atoms with Crippen LogP contribution in [-0.2, 0) is 0 Å². The molecule has 4 aromatic rings. The number of amides is 1. The van der Waals surface area contributed by atoms with E-state index >= 15 is 0 Å². The van der Waals surface area contributed by atoms with Crippen molar-refractivity contribution in [3.63, 3.8) is 0 Å². The molecular weight excluding hydrogens is 428 g/mol. The van der Waals surface area contributed by atoms with Gasteiger partial charge in [-0.15, -0.1) is 5.10 Å². The van der Waals surface area contributed by atoms with Gasteiger partial charge in [0.25, 0.3) is 5.91 Å². The zero-order valence-electron chi connectivity index (χ0n) is 17.0. The van der Waals surface area contributed by atoms with Gasteiger partial charge in [-0.05, 0) is 30.3 Å². The molecule has 1 aliphatic heterocycles. The lowest BCUT2D eigenvalue weighted by Crippen LogP contribution is -2.49. The predicted octanol–water partition coefficient (Wildman–Crippen LogP) is 2.74. The van der Waals surface area contributed by atoms with E-state index in [9.17, 15) is 4.79 Å². The van der Waals surface area contributed by atoms with Crippen LogP contribution in [0.5, 0.6) is 0 Å². The topological polar surface area (TPSA) is 92.9 Å². The molecule has 0 spiro atoms. The molecule has 1 amide bonds. The van der Waals surface area contributed by atoms with Crippen molar-refractivity contribution >= 4 is 23.5 Å². The van der Waals surface area contributed by atoms with Crippen LogP contribution < -0.4 is 4.90 Å². The highest BCUT2D eigenvalue weighted by molar-refractivity contribution is 6.32. The third-order valence-electron chi connectivity index (χ3n) is 5.29. The first-order valence-corrected chi connectivity index (χ1v) is 10.5. The van der Waals surface area contributed by atoms with Crippen molar-refractivity contribution in [3.05, 3.63) is 78.0 Å². The second-order valence-corrected chi connectivity index (χ2v) is 7.63. The number of rotatable bonds is 4. The third-order valence-corrected chi connectivity index (χ3v) is 5.61. The highest BCUT2D eigenvalue weighted by atomic mass is 35.5. The van der Waals surface area contributed by atoms with E-state index in [0.29, 0.717) is 48.5 Å². The Balaban J connectivity index is 1.46. The Morgan fingerprint density at radius 2 is 1.69 bits per heavy atom. The Kier molecular flexibility index (Phi) is 5.47. The molecule has 0 unspecified atom stereocenters. The van der Waals surface area contributed by atoms with Crippen molar-refractivity contribution in [1.29, 1.82) is 0 Å². The van der Waals surface area contributed by atoms with Gasteiger partial charge in [-0.25, -0.2) is 14.6 Å². The highest BCUT2D eigenvalue weighted by Crippen LogP contribution is 2.29. The number of para-hydroxylation sites is 1. The Morgan fingerprint density at radius 1 is 0.906 bits per heavy atom. The van der Waals surface area contributed by atoms with Crippen LogP contribution >= 0.6 is 11.6 Å². The van der Waals surface area contributed by atoms with Gasteiger partial charge in [0, 0.05) is 56.5 Å². The number of carbonyl (C=O) groups excluding carboxylic acids is 1. The van der Waals surface area contributed by atoms with E-state index in [2.05, 4.69) is 30.2 Å². The average Bonchev–Trinajstić information content (AvgIpc) is 3.30. The molecule has 3 aromatic heterocycles. The molecule has 32 heavy (non-hydrogen) atoms. The van der Waals surface area contributed by atoms with E-state index in [-0.39, 0.29) is 11.6 Å². The van der Waals surface area contributed by atoms with Crippen LogP contribution in [0.15, 0.2) is 67.3 Å². The smallest absolute Gasteiger partial charge is 0.276 e. The summed E-state index contributed by atoms with van der Waals surface area (Å²) in [4.78, 5) is 30.1. The van der Waals surface area contributed by atoms with Gasteiger partial charge in [0.15, 0.2) is 5.69 Å². The molecule has 1 saturated heterocycles. The van der Waals surface area contributed by atoms with Gasteiger partial charge in [0.2, 0.25) is 5.95 Å². The fourth-order valence-electron chi connectivity index (χ4n) is 3.69. The summed E-state index contributed by atoms with van der Waals surface area (Å²) in [6, 6.07) is 12.8. The van der Waals surface area contributed by atoms with Crippen LogP contribution in [0.1, 0.15) is 10.5 Å². The first-order valence-electron chi connectivity index (χ1n) is 10.1. The number of piperazine rings is 1. The fourth-order valence-corrected chi connectivity index (χ4v) is 3.91. The van der Waals surface area contributed by atoms with Crippen LogP contribution in [-0.4, -0.2) is 66.9 Å². The number of nitrogens with zero attached hydrogens (tertiary/aromatic N) is 8. The van der Waals surface area contributed by atoms with Crippen molar-refractivity contribution in [3.8, 4) is 16.9 Å². The van der Waals surface area contributed by atoms with Crippen molar-refractivity contribution in [1.82, 2.24) is 34.8 Å². The summed E-state index contributed by atoms with van der Waals surface area (Å²) in [6.07, 6.45) is 6.80. The molecule has 0 N–H and O–H groups in total. The van der Waals surface area contributed by atoms with Gasteiger partial charge in [0.05, 0.1) is 10.7 Å². The first kappa shape index (κ1) is 20.1. The SMILES string of the molecule is O=C(c1nnn(-c2ccccc2Cl)c1-c1cccnc1)N1CCN(c2ncccn2)CC1. The molecule has 1 aromatic carbocycles. The normalized spacial score (nSPS) is 13.9. The monoisotopic (exact) mass is 446 g/mol. The highest BCUT2D eigenvalue weighted by Gasteiger charge is 2.29. The minimum atomic E-state index is -0.184. The van der Waals surface area contributed by atoms with Gasteiger partial charge in [0.1, 0.15) is 5.69 Å². The van der Waals surface area contributed by atoms with Gasteiger partial charge in [-0.3, -0.25) is 9.78 Å². The standard InChI is InChI=1S/C22H19ClN8O/c23-17-6-1-2-7-18(17)31-20(16-5-3-8-24-15-16)19(27-28-31)21(32)29-11-13-30(14-12-29)22-25-9-4-10-26-22/h1-10,15H,11-14H2. The molecule has 160 valence electrons. The number of anilines is 1. The van der Waals surface area contributed by atoms with Gasteiger partial charge >= 0.3 is 0 Å². The summed E-state index contributed by atoms with van der Waals surface area (Å²) >= 11 is 6.41. The Hall–Kier alpha value is -3.85. The number of hydrogen-bond acceptors (Lipinski definition) is 7. The van der Waals surface area contributed by atoms with Gasteiger partial charge in [-0.2, -0.15) is 0 Å². The van der Waals surface area contributed by atoms with Crippen molar-refractivity contribution < 1.29 is 4.79 Å². The summed E-state index contributed by atoms with van der Waals surface area (Å²) in [5.41, 5.74) is 2.20. The Morgan fingerprint density at radius 3 is 2.41 bits per heavy atom. The minimum Gasteiger partial charge on any atom is -0.337 e. The largest absolute Gasteiger partial charge is 0.337 e. The summed E-state index contributed by atoms with van der Waals surface area (Å²) in [5.74, 6) is 0.482. The first-order chi connectivity index (χ1) is 15.7. The van der Waals surface area contributed by atoms with E-state index in [1.54, 1.807) is 46.5 Å². The number of halogens is 1. The quantitative estimate of drug-likeness (QED) is 0.475. The Labute approximate surface area is 189 Å². The molecule has 0 atom stereocenters. The molecule has 1 aliphatic rings. The van der Waals surface area contributed by atoms with Gasteiger partial charge in [-0.1, -0.05) is 28.9 Å². The number of carbonyl (C=O) groups is 1.